The average molecular weight is 578 g/mol. The zero-order valence-corrected chi connectivity index (χ0v) is 24.6. The van der Waals surface area contributed by atoms with Gasteiger partial charge in [-0.1, -0.05) is 19.1 Å². The van der Waals surface area contributed by atoms with Crippen LogP contribution < -0.4 is 19.5 Å². The number of H-pyrrole nitrogens is 1. The van der Waals surface area contributed by atoms with Gasteiger partial charge < -0.3 is 39.6 Å². The number of hydrogen-bond donors (Lipinski definition) is 4. The summed E-state index contributed by atoms with van der Waals surface area (Å²) in [5.41, 5.74) is 1.77. The van der Waals surface area contributed by atoms with Crippen LogP contribution in [0.15, 0.2) is 42.5 Å². The maximum Gasteiger partial charge on any atom is 0.267 e. The second-order valence-electron chi connectivity index (χ2n) is 12.5. The van der Waals surface area contributed by atoms with Crippen molar-refractivity contribution >= 4 is 16.8 Å². The zero-order chi connectivity index (χ0) is 29.3. The molecule has 1 aliphatic carbocycles. The fourth-order valence-corrected chi connectivity index (χ4v) is 6.69. The molecule has 42 heavy (non-hydrogen) atoms. The number of amides is 1. The number of fused-ring (bicyclic) bond motifs is 2. The van der Waals surface area contributed by atoms with Crippen molar-refractivity contribution in [3.05, 3.63) is 53.7 Å². The minimum absolute atomic E-state index is 0.0334. The average Bonchev–Trinajstić information content (AvgIpc) is 3.62. The number of ether oxygens (including phenoxy) is 3. The van der Waals surface area contributed by atoms with E-state index in [1.165, 1.54) is 0 Å². The van der Waals surface area contributed by atoms with Gasteiger partial charge >= 0.3 is 0 Å². The van der Waals surface area contributed by atoms with Crippen molar-refractivity contribution in [1.82, 2.24) is 15.2 Å². The van der Waals surface area contributed by atoms with E-state index in [9.17, 15) is 15.0 Å². The number of nitrogens with one attached hydrogen (secondary N) is 2. The van der Waals surface area contributed by atoms with Crippen LogP contribution in [0.3, 0.4) is 0 Å². The predicted octanol–water partition coefficient (Wildman–Crippen LogP) is 4.23. The lowest BCUT2D eigenvalue weighted by atomic mass is 9.80. The number of hydrogen-bond acceptors (Lipinski definition) is 7. The van der Waals surface area contributed by atoms with Crippen LogP contribution in [0.4, 0.5) is 0 Å². The Hall–Kier alpha value is -3.27. The first kappa shape index (κ1) is 28.8. The number of nitrogens with zero attached hydrogens (tertiary/aromatic N) is 1. The van der Waals surface area contributed by atoms with E-state index in [4.69, 9.17) is 14.2 Å². The SMILES string of the molecule is COc1ccc2c(c1)OC[C@@H]2COc1cccc2[nH]c(C(=O)NC3CCC(O)(CCN4CC[C@H](O)[C@@H](C)C4)CC3)cc12. The molecule has 2 fully saturated rings. The Labute approximate surface area is 247 Å². The molecule has 3 heterocycles. The van der Waals surface area contributed by atoms with Crippen LogP contribution >= 0.6 is 0 Å². The summed E-state index contributed by atoms with van der Waals surface area (Å²) in [5.74, 6) is 2.58. The Morgan fingerprint density at radius 3 is 2.81 bits per heavy atom. The molecule has 0 radical (unpaired) electrons. The molecule has 1 saturated carbocycles. The molecular weight excluding hydrogens is 534 g/mol. The standard InChI is InChI=1S/C33H43N3O6/c1-21-18-36(14-10-29(21)37)15-13-33(39)11-8-23(9-12-33)34-32(38)28-17-26-27(35-28)4-3-5-30(26)41-19-22-20-42-31-16-24(40-2)6-7-25(22)31/h3-7,16-17,21-23,29,35,37,39H,8-15,18-20H2,1-2H3,(H,34,38)/t21-,22-,23?,29-,33?/m0/s1. The summed E-state index contributed by atoms with van der Waals surface area (Å²) in [7, 11) is 1.64. The monoisotopic (exact) mass is 577 g/mol. The lowest BCUT2D eigenvalue weighted by molar-refractivity contribution is -0.0272. The van der Waals surface area contributed by atoms with Crippen LogP contribution in [0, 0.1) is 5.92 Å². The van der Waals surface area contributed by atoms with Crippen LogP contribution in [0.1, 0.15) is 67.4 Å². The Kier molecular flexibility index (Phi) is 8.34. The highest BCUT2D eigenvalue weighted by atomic mass is 16.5. The van der Waals surface area contributed by atoms with Crippen LogP contribution in [0.25, 0.3) is 10.9 Å². The van der Waals surface area contributed by atoms with E-state index >= 15 is 0 Å². The van der Waals surface area contributed by atoms with Gasteiger partial charge in [-0.2, -0.15) is 0 Å². The zero-order valence-electron chi connectivity index (χ0n) is 24.6. The third-order valence-corrected chi connectivity index (χ3v) is 9.50. The Balaban J connectivity index is 1.02. The lowest BCUT2D eigenvalue weighted by Gasteiger charge is -2.39. The Morgan fingerprint density at radius 2 is 2.02 bits per heavy atom. The van der Waals surface area contributed by atoms with E-state index in [1.54, 1.807) is 7.11 Å². The number of piperidine rings is 1. The number of methoxy groups -OCH3 is 1. The summed E-state index contributed by atoms with van der Waals surface area (Å²) in [6.45, 7) is 5.72. The highest BCUT2D eigenvalue weighted by Crippen LogP contribution is 2.38. The van der Waals surface area contributed by atoms with Crippen molar-refractivity contribution in [2.45, 2.75) is 69.1 Å². The normalized spacial score (nSPS) is 27.8. The molecule has 1 aromatic heterocycles. The fourth-order valence-electron chi connectivity index (χ4n) is 6.69. The first-order chi connectivity index (χ1) is 20.3. The third-order valence-electron chi connectivity index (χ3n) is 9.50. The predicted molar refractivity (Wildman–Crippen MR) is 161 cm³/mol. The third kappa shape index (κ3) is 6.23. The first-order valence-corrected chi connectivity index (χ1v) is 15.3. The number of aromatic amines is 1. The van der Waals surface area contributed by atoms with Crippen LogP contribution in [0.2, 0.25) is 0 Å². The van der Waals surface area contributed by atoms with E-state index < -0.39 is 5.60 Å². The highest BCUT2D eigenvalue weighted by molar-refractivity contribution is 5.99. The molecule has 0 spiro atoms. The smallest absolute Gasteiger partial charge is 0.267 e. The summed E-state index contributed by atoms with van der Waals surface area (Å²) < 4.78 is 17.4. The topological polar surface area (TPSA) is 116 Å². The molecule has 2 aliphatic heterocycles. The van der Waals surface area contributed by atoms with E-state index in [0.717, 1.165) is 79.0 Å². The number of rotatable bonds is 9. The van der Waals surface area contributed by atoms with E-state index in [1.807, 2.05) is 42.5 Å². The molecule has 4 N–H and O–H groups in total. The number of carbonyl (C=O) groups excluding carboxylic acids is 1. The quantitative estimate of drug-likeness (QED) is 0.301. The largest absolute Gasteiger partial charge is 0.497 e. The second kappa shape index (κ2) is 12.1. The second-order valence-corrected chi connectivity index (χ2v) is 12.5. The van der Waals surface area contributed by atoms with Crippen molar-refractivity contribution < 1.29 is 29.2 Å². The van der Waals surface area contributed by atoms with Gasteiger partial charge in [-0.25, -0.2) is 0 Å². The molecule has 1 amide bonds. The fraction of sp³-hybridized carbons (Fsp3) is 0.545. The minimum Gasteiger partial charge on any atom is -0.497 e. The number of likely N-dealkylation sites (tertiary alicyclic amines) is 1. The maximum atomic E-state index is 13.2. The number of aromatic nitrogens is 1. The molecule has 3 atom stereocenters. The summed E-state index contributed by atoms with van der Waals surface area (Å²) in [6, 6.07) is 13.6. The molecule has 6 rings (SSSR count). The van der Waals surface area contributed by atoms with Gasteiger partial charge in [0.2, 0.25) is 0 Å². The Morgan fingerprint density at radius 1 is 1.19 bits per heavy atom. The molecule has 9 nitrogen and oxygen atoms in total. The Bertz CT molecular complexity index is 1400. The van der Waals surface area contributed by atoms with Gasteiger partial charge in [0.05, 0.1) is 37.9 Å². The van der Waals surface area contributed by atoms with Crippen molar-refractivity contribution in [3.8, 4) is 17.2 Å². The molecule has 9 heteroatoms. The van der Waals surface area contributed by atoms with Gasteiger partial charge in [0.1, 0.15) is 22.9 Å². The van der Waals surface area contributed by atoms with Gasteiger partial charge in [0.25, 0.3) is 5.91 Å². The molecule has 1 saturated heterocycles. The van der Waals surface area contributed by atoms with Crippen molar-refractivity contribution in [2.24, 2.45) is 5.92 Å². The van der Waals surface area contributed by atoms with Gasteiger partial charge in [0, 0.05) is 48.2 Å². The van der Waals surface area contributed by atoms with Gasteiger partial charge in [-0.3, -0.25) is 4.79 Å². The van der Waals surface area contributed by atoms with Gasteiger partial charge in [-0.15, -0.1) is 0 Å². The lowest BCUT2D eigenvalue weighted by Crippen LogP contribution is -2.47. The molecule has 0 bridgehead atoms. The highest BCUT2D eigenvalue weighted by Gasteiger charge is 2.35. The summed E-state index contributed by atoms with van der Waals surface area (Å²) >= 11 is 0. The molecule has 2 aromatic carbocycles. The summed E-state index contributed by atoms with van der Waals surface area (Å²) in [5, 5.41) is 25.2. The summed E-state index contributed by atoms with van der Waals surface area (Å²) in [4.78, 5) is 18.8. The molecular formula is C33H43N3O6. The molecule has 226 valence electrons. The number of aliphatic hydroxyl groups excluding tert-OH is 1. The van der Waals surface area contributed by atoms with E-state index in [-0.39, 0.29) is 29.9 Å². The van der Waals surface area contributed by atoms with E-state index in [0.29, 0.717) is 31.7 Å². The van der Waals surface area contributed by atoms with Gasteiger partial charge in [0.15, 0.2) is 0 Å². The number of carbonyl (C=O) groups is 1. The van der Waals surface area contributed by atoms with Crippen LogP contribution in [0.5, 0.6) is 17.2 Å². The summed E-state index contributed by atoms with van der Waals surface area (Å²) in [6.07, 6.45) is 4.18. The van der Waals surface area contributed by atoms with Crippen molar-refractivity contribution in [3.63, 3.8) is 0 Å². The van der Waals surface area contributed by atoms with Crippen LogP contribution in [-0.4, -0.2) is 83.7 Å². The van der Waals surface area contributed by atoms with Crippen molar-refractivity contribution in [1.29, 1.82) is 0 Å². The van der Waals surface area contributed by atoms with Crippen molar-refractivity contribution in [2.75, 3.05) is 40.0 Å². The number of aliphatic hydroxyl groups is 2. The van der Waals surface area contributed by atoms with E-state index in [2.05, 4.69) is 22.1 Å². The molecule has 3 aliphatic rings. The molecule has 0 unspecified atom stereocenters. The van der Waals surface area contributed by atoms with Crippen LogP contribution in [-0.2, 0) is 0 Å². The minimum atomic E-state index is -0.690. The maximum absolute atomic E-state index is 13.2. The first-order valence-electron chi connectivity index (χ1n) is 15.3. The molecule has 3 aromatic rings. The number of benzene rings is 2. The van der Waals surface area contributed by atoms with Gasteiger partial charge in [-0.05, 0) is 68.7 Å².